The summed E-state index contributed by atoms with van der Waals surface area (Å²) in [4.78, 5) is 0. The first-order valence-electron chi connectivity index (χ1n) is 5.30. The lowest BCUT2D eigenvalue weighted by Crippen LogP contribution is -2.08. The second kappa shape index (κ2) is 4.11. The lowest BCUT2D eigenvalue weighted by molar-refractivity contribution is 0.402. The van der Waals surface area contributed by atoms with Gasteiger partial charge in [-0.05, 0) is 37.1 Å². The average Bonchev–Trinajstić information content (AvgIpc) is 2.74. The SMILES string of the molecule is COc1cc(O)c(C2CCNC2)cc1C. The highest BCUT2D eigenvalue weighted by atomic mass is 16.5. The Bertz CT molecular complexity index is 357. The molecule has 0 spiro atoms. The zero-order chi connectivity index (χ0) is 10.8. The van der Waals surface area contributed by atoms with Crippen LogP contribution in [0.1, 0.15) is 23.5 Å². The highest BCUT2D eigenvalue weighted by Crippen LogP contribution is 2.34. The van der Waals surface area contributed by atoms with Crippen LogP contribution >= 0.6 is 0 Å². The van der Waals surface area contributed by atoms with E-state index in [4.69, 9.17) is 4.74 Å². The van der Waals surface area contributed by atoms with Gasteiger partial charge in [0.2, 0.25) is 0 Å². The number of nitrogens with one attached hydrogen (secondary N) is 1. The number of aromatic hydroxyl groups is 1. The van der Waals surface area contributed by atoms with E-state index in [0.717, 1.165) is 36.4 Å². The van der Waals surface area contributed by atoms with E-state index in [1.165, 1.54) is 0 Å². The van der Waals surface area contributed by atoms with Crippen molar-refractivity contribution in [3.05, 3.63) is 23.3 Å². The van der Waals surface area contributed by atoms with Gasteiger partial charge in [0.15, 0.2) is 0 Å². The quantitative estimate of drug-likeness (QED) is 0.776. The fraction of sp³-hybridized carbons (Fsp3) is 0.500. The van der Waals surface area contributed by atoms with Gasteiger partial charge in [0, 0.05) is 18.5 Å². The van der Waals surface area contributed by atoms with Crippen molar-refractivity contribution in [3.8, 4) is 11.5 Å². The summed E-state index contributed by atoms with van der Waals surface area (Å²) < 4.78 is 5.17. The van der Waals surface area contributed by atoms with Crippen molar-refractivity contribution in [1.82, 2.24) is 5.32 Å². The van der Waals surface area contributed by atoms with Crippen molar-refractivity contribution in [2.75, 3.05) is 20.2 Å². The number of hydrogen-bond acceptors (Lipinski definition) is 3. The first-order chi connectivity index (χ1) is 7.22. The molecule has 0 aromatic heterocycles. The molecule has 15 heavy (non-hydrogen) atoms. The fourth-order valence-electron chi connectivity index (χ4n) is 2.17. The topological polar surface area (TPSA) is 41.5 Å². The number of ether oxygens (including phenoxy) is 1. The second-order valence-corrected chi connectivity index (χ2v) is 4.07. The molecule has 2 N–H and O–H groups in total. The summed E-state index contributed by atoms with van der Waals surface area (Å²) in [6, 6.07) is 3.74. The maximum absolute atomic E-state index is 9.90. The molecule has 3 heteroatoms. The number of phenols is 1. The Morgan fingerprint density at radius 1 is 1.47 bits per heavy atom. The van der Waals surface area contributed by atoms with Crippen LogP contribution < -0.4 is 10.1 Å². The largest absolute Gasteiger partial charge is 0.508 e. The number of benzene rings is 1. The minimum Gasteiger partial charge on any atom is -0.508 e. The van der Waals surface area contributed by atoms with E-state index in [1.54, 1.807) is 13.2 Å². The van der Waals surface area contributed by atoms with E-state index in [1.807, 2.05) is 13.0 Å². The molecule has 0 aliphatic carbocycles. The van der Waals surface area contributed by atoms with Crippen molar-refractivity contribution >= 4 is 0 Å². The lowest BCUT2D eigenvalue weighted by Gasteiger charge is -2.14. The van der Waals surface area contributed by atoms with Crippen LogP contribution in [-0.2, 0) is 0 Å². The minimum atomic E-state index is 0.353. The molecule has 82 valence electrons. The van der Waals surface area contributed by atoms with E-state index in [2.05, 4.69) is 5.32 Å². The number of phenolic OH excluding ortho intramolecular Hbond substituents is 1. The third kappa shape index (κ3) is 1.92. The molecule has 1 unspecified atom stereocenters. The smallest absolute Gasteiger partial charge is 0.125 e. The molecule has 1 aliphatic heterocycles. The minimum absolute atomic E-state index is 0.353. The van der Waals surface area contributed by atoms with Crippen molar-refractivity contribution in [3.63, 3.8) is 0 Å². The third-order valence-corrected chi connectivity index (χ3v) is 3.04. The number of rotatable bonds is 2. The number of aryl methyl sites for hydroxylation is 1. The molecule has 1 aliphatic rings. The summed E-state index contributed by atoms with van der Waals surface area (Å²) in [5, 5.41) is 13.2. The van der Waals surface area contributed by atoms with Crippen molar-refractivity contribution in [2.24, 2.45) is 0 Å². The molecular formula is C12H17NO2. The molecule has 1 atom stereocenters. The molecule has 1 fully saturated rings. The van der Waals surface area contributed by atoms with Crippen LogP contribution in [0.5, 0.6) is 11.5 Å². The molecule has 3 nitrogen and oxygen atoms in total. The van der Waals surface area contributed by atoms with Crippen LogP contribution in [0.15, 0.2) is 12.1 Å². The summed E-state index contributed by atoms with van der Waals surface area (Å²) in [6.45, 7) is 4.00. The summed E-state index contributed by atoms with van der Waals surface area (Å²) in [6.07, 6.45) is 1.10. The van der Waals surface area contributed by atoms with Gasteiger partial charge in [0.25, 0.3) is 0 Å². The van der Waals surface area contributed by atoms with Crippen LogP contribution in [-0.4, -0.2) is 25.3 Å². The summed E-state index contributed by atoms with van der Waals surface area (Å²) >= 11 is 0. The van der Waals surface area contributed by atoms with E-state index in [0.29, 0.717) is 11.7 Å². The Hall–Kier alpha value is -1.22. The first-order valence-corrected chi connectivity index (χ1v) is 5.30. The van der Waals surface area contributed by atoms with Crippen LogP contribution in [0.25, 0.3) is 0 Å². The predicted molar refractivity (Wildman–Crippen MR) is 59.6 cm³/mol. The number of methoxy groups -OCH3 is 1. The molecule has 2 rings (SSSR count). The van der Waals surface area contributed by atoms with Crippen molar-refractivity contribution < 1.29 is 9.84 Å². The first kappa shape index (κ1) is 10.3. The molecule has 1 aromatic rings. The summed E-state index contributed by atoms with van der Waals surface area (Å²) in [7, 11) is 1.62. The monoisotopic (exact) mass is 207 g/mol. The van der Waals surface area contributed by atoms with Crippen LogP contribution in [0.2, 0.25) is 0 Å². The molecule has 1 aromatic carbocycles. The zero-order valence-corrected chi connectivity index (χ0v) is 9.21. The highest BCUT2D eigenvalue weighted by molar-refractivity contribution is 5.47. The average molecular weight is 207 g/mol. The molecule has 0 bridgehead atoms. The maximum Gasteiger partial charge on any atom is 0.125 e. The molecule has 0 amide bonds. The second-order valence-electron chi connectivity index (χ2n) is 4.07. The fourth-order valence-corrected chi connectivity index (χ4v) is 2.17. The summed E-state index contributed by atoms with van der Waals surface area (Å²) in [5.41, 5.74) is 2.12. The van der Waals surface area contributed by atoms with Crippen molar-refractivity contribution in [2.45, 2.75) is 19.3 Å². The Morgan fingerprint density at radius 3 is 2.87 bits per heavy atom. The van der Waals surface area contributed by atoms with Gasteiger partial charge in [0.1, 0.15) is 11.5 Å². The van der Waals surface area contributed by atoms with Gasteiger partial charge in [-0.3, -0.25) is 0 Å². The highest BCUT2D eigenvalue weighted by Gasteiger charge is 2.20. The Morgan fingerprint density at radius 2 is 2.27 bits per heavy atom. The maximum atomic E-state index is 9.90. The van der Waals surface area contributed by atoms with Crippen LogP contribution in [0, 0.1) is 6.92 Å². The summed E-state index contributed by atoms with van der Waals surface area (Å²) in [5.74, 6) is 1.54. The zero-order valence-electron chi connectivity index (χ0n) is 9.21. The molecular weight excluding hydrogens is 190 g/mol. The van der Waals surface area contributed by atoms with Crippen LogP contribution in [0.4, 0.5) is 0 Å². The molecule has 1 saturated heterocycles. The van der Waals surface area contributed by atoms with Gasteiger partial charge in [-0.25, -0.2) is 0 Å². The molecule has 0 saturated carbocycles. The predicted octanol–water partition coefficient (Wildman–Crippen LogP) is 1.79. The van der Waals surface area contributed by atoms with Crippen LogP contribution in [0.3, 0.4) is 0 Å². The van der Waals surface area contributed by atoms with E-state index >= 15 is 0 Å². The Balaban J connectivity index is 2.35. The molecule has 1 heterocycles. The number of hydrogen-bond donors (Lipinski definition) is 2. The lowest BCUT2D eigenvalue weighted by atomic mass is 9.95. The van der Waals surface area contributed by atoms with Gasteiger partial charge < -0.3 is 15.2 Å². The molecule has 0 radical (unpaired) electrons. The van der Waals surface area contributed by atoms with Gasteiger partial charge in [-0.1, -0.05) is 0 Å². The van der Waals surface area contributed by atoms with Crippen molar-refractivity contribution in [1.29, 1.82) is 0 Å². The standard InChI is InChI=1S/C12H17NO2/c1-8-5-10(9-3-4-13-7-9)11(14)6-12(8)15-2/h5-6,9,13-14H,3-4,7H2,1-2H3. The van der Waals surface area contributed by atoms with E-state index in [-0.39, 0.29) is 0 Å². The normalized spacial score (nSPS) is 20.5. The van der Waals surface area contributed by atoms with Gasteiger partial charge >= 0.3 is 0 Å². The van der Waals surface area contributed by atoms with E-state index in [9.17, 15) is 5.11 Å². The van der Waals surface area contributed by atoms with Gasteiger partial charge in [0.05, 0.1) is 7.11 Å². The third-order valence-electron chi connectivity index (χ3n) is 3.04. The Labute approximate surface area is 90.1 Å². The Kier molecular flexibility index (Phi) is 2.82. The van der Waals surface area contributed by atoms with Gasteiger partial charge in [-0.2, -0.15) is 0 Å². The van der Waals surface area contributed by atoms with Gasteiger partial charge in [-0.15, -0.1) is 0 Å². The van der Waals surface area contributed by atoms with E-state index < -0.39 is 0 Å².